The molecule has 2 heteroatoms. The molecule has 0 heterocycles. The quantitative estimate of drug-likeness (QED) is 0.844. The van der Waals surface area contributed by atoms with E-state index in [1.165, 1.54) is 0 Å². The van der Waals surface area contributed by atoms with Gasteiger partial charge in [-0.25, -0.2) is 0 Å². The van der Waals surface area contributed by atoms with Crippen molar-refractivity contribution >= 4 is 5.78 Å². The lowest BCUT2D eigenvalue weighted by molar-refractivity contribution is -0.127. The van der Waals surface area contributed by atoms with Gasteiger partial charge in [-0.1, -0.05) is 57.4 Å². The summed E-state index contributed by atoms with van der Waals surface area (Å²) in [5.41, 5.74) is 0.785. The van der Waals surface area contributed by atoms with Gasteiger partial charge in [0.05, 0.1) is 6.10 Å². The van der Waals surface area contributed by atoms with Crippen molar-refractivity contribution in [3.63, 3.8) is 0 Å². The van der Waals surface area contributed by atoms with E-state index in [2.05, 4.69) is 18.4 Å². The molecule has 0 amide bonds. The number of aliphatic hydroxyl groups is 1. The SMILES string of the molecule is C=C(C#Cc1ccccc1)C(O)CC(=O)C(C)(C)C. The first kappa shape index (κ1) is 15.2. The fraction of sp³-hybridized carbons (Fsp3) is 0.353. The van der Waals surface area contributed by atoms with Gasteiger partial charge in [0.1, 0.15) is 5.78 Å². The highest BCUT2D eigenvalue weighted by Gasteiger charge is 2.24. The van der Waals surface area contributed by atoms with Crippen molar-refractivity contribution in [1.82, 2.24) is 0 Å². The summed E-state index contributed by atoms with van der Waals surface area (Å²) in [4.78, 5) is 11.8. The molecule has 0 aromatic heterocycles. The molecule has 0 radical (unpaired) electrons. The van der Waals surface area contributed by atoms with E-state index < -0.39 is 11.5 Å². The van der Waals surface area contributed by atoms with Gasteiger partial charge in [0, 0.05) is 23.0 Å². The van der Waals surface area contributed by atoms with Gasteiger partial charge in [-0.2, -0.15) is 0 Å². The summed E-state index contributed by atoms with van der Waals surface area (Å²) in [5.74, 6) is 5.73. The van der Waals surface area contributed by atoms with Crippen LogP contribution in [0.3, 0.4) is 0 Å². The summed E-state index contributed by atoms with van der Waals surface area (Å²) in [5, 5.41) is 9.91. The molecular weight excluding hydrogens is 236 g/mol. The molecule has 1 aromatic carbocycles. The van der Waals surface area contributed by atoms with Crippen molar-refractivity contribution in [3.05, 3.63) is 48.0 Å². The van der Waals surface area contributed by atoms with Gasteiger partial charge in [-0.15, -0.1) is 0 Å². The molecule has 100 valence electrons. The standard InChI is InChI=1S/C17H20O2/c1-13(10-11-14-8-6-5-7-9-14)15(18)12-16(19)17(2,3)4/h5-9,15,18H,1,12H2,2-4H3. The number of benzene rings is 1. The summed E-state index contributed by atoms with van der Waals surface area (Å²) in [7, 11) is 0. The van der Waals surface area contributed by atoms with E-state index in [9.17, 15) is 9.90 Å². The second-order valence-electron chi connectivity index (χ2n) is 5.53. The van der Waals surface area contributed by atoms with Crippen LogP contribution in [0.25, 0.3) is 0 Å². The van der Waals surface area contributed by atoms with E-state index in [1.807, 2.05) is 51.1 Å². The first-order chi connectivity index (χ1) is 8.80. The molecule has 19 heavy (non-hydrogen) atoms. The van der Waals surface area contributed by atoms with E-state index in [0.717, 1.165) is 5.56 Å². The Labute approximate surface area is 115 Å². The Morgan fingerprint density at radius 3 is 2.42 bits per heavy atom. The Hall–Kier alpha value is -1.85. The van der Waals surface area contributed by atoms with Crippen molar-refractivity contribution in [2.75, 3.05) is 0 Å². The Morgan fingerprint density at radius 2 is 1.89 bits per heavy atom. The third-order valence-electron chi connectivity index (χ3n) is 2.76. The van der Waals surface area contributed by atoms with Crippen LogP contribution in [-0.4, -0.2) is 17.0 Å². The minimum Gasteiger partial charge on any atom is -0.387 e. The smallest absolute Gasteiger partial charge is 0.141 e. The van der Waals surface area contributed by atoms with Crippen LogP contribution in [0.2, 0.25) is 0 Å². The third-order valence-corrected chi connectivity index (χ3v) is 2.76. The van der Waals surface area contributed by atoms with Crippen molar-refractivity contribution in [1.29, 1.82) is 0 Å². The fourth-order valence-electron chi connectivity index (χ4n) is 1.36. The van der Waals surface area contributed by atoms with Gasteiger partial charge in [0.2, 0.25) is 0 Å². The number of ketones is 1. The fourth-order valence-corrected chi connectivity index (χ4v) is 1.36. The lowest BCUT2D eigenvalue weighted by Gasteiger charge is -2.18. The zero-order valence-corrected chi connectivity index (χ0v) is 11.7. The van der Waals surface area contributed by atoms with Crippen LogP contribution in [0.1, 0.15) is 32.8 Å². The highest BCUT2D eigenvalue weighted by Crippen LogP contribution is 2.19. The topological polar surface area (TPSA) is 37.3 Å². The number of rotatable bonds is 3. The zero-order chi connectivity index (χ0) is 14.5. The van der Waals surface area contributed by atoms with E-state index in [0.29, 0.717) is 5.57 Å². The maximum absolute atomic E-state index is 11.8. The molecule has 0 aliphatic rings. The molecule has 0 saturated carbocycles. The normalized spacial score (nSPS) is 12.2. The van der Waals surface area contributed by atoms with Gasteiger partial charge in [-0.05, 0) is 12.1 Å². The minimum atomic E-state index is -0.900. The monoisotopic (exact) mass is 256 g/mol. The zero-order valence-electron chi connectivity index (χ0n) is 11.7. The van der Waals surface area contributed by atoms with E-state index in [-0.39, 0.29) is 12.2 Å². The molecule has 1 N–H and O–H groups in total. The van der Waals surface area contributed by atoms with Crippen molar-refractivity contribution in [2.24, 2.45) is 5.41 Å². The molecule has 0 saturated heterocycles. The second-order valence-corrected chi connectivity index (χ2v) is 5.53. The average molecular weight is 256 g/mol. The third kappa shape index (κ3) is 5.11. The van der Waals surface area contributed by atoms with Crippen molar-refractivity contribution < 1.29 is 9.90 Å². The lowest BCUT2D eigenvalue weighted by Crippen LogP contribution is -2.25. The molecule has 0 aliphatic heterocycles. The molecule has 0 aliphatic carbocycles. The largest absolute Gasteiger partial charge is 0.387 e. The van der Waals surface area contributed by atoms with Crippen LogP contribution in [0.5, 0.6) is 0 Å². The van der Waals surface area contributed by atoms with Gasteiger partial charge in [0.25, 0.3) is 0 Å². The molecular formula is C17H20O2. The summed E-state index contributed by atoms with van der Waals surface area (Å²) >= 11 is 0. The van der Waals surface area contributed by atoms with Crippen LogP contribution >= 0.6 is 0 Å². The van der Waals surface area contributed by atoms with Gasteiger partial charge < -0.3 is 5.11 Å². The molecule has 1 aromatic rings. The summed E-state index contributed by atoms with van der Waals surface area (Å²) in [6.45, 7) is 9.23. The second kappa shape index (κ2) is 6.36. The Balaban J connectivity index is 2.65. The average Bonchev–Trinajstić information content (AvgIpc) is 2.35. The summed E-state index contributed by atoms with van der Waals surface area (Å²) < 4.78 is 0. The van der Waals surface area contributed by atoms with Gasteiger partial charge in [0.15, 0.2) is 0 Å². The first-order valence-corrected chi connectivity index (χ1v) is 6.28. The molecule has 2 nitrogen and oxygen atoms in total. The van der Waals surface area contributed by atoms with Crippen LogP contribution in [0.4, 0.5) is 0 Å². The highest BCUT2D eigenvalue weighted by atomic mass is 16.3. The van der Waals surface area contributed by atoms with Crippen molar-refractivity contribution in [3.8, 4) is 11.8 Å². The number of hydrogen-bond acceptors (Lipinski definition) is 2. The molecule has 0 spiro atoms. The molecule has 1 unspecified atom stereocenters. The Kier molecular flexibility index (Phi) is 5.09. The molecule has 1 rings (SSSR count). The molecule has 0 bridgehead atoms. The predicted octanol–water partition coefficient (Wildman–Crippen LogP) is 2.96. The van der Waals surface area contributed by atoms with Crippen molar-refractivity contribution in [2.45, 2.75) is 33.3 Å². The lowest BCUT2D eigenvalue weighted by atomic mass is 9.86. The predicted molar refractivity (Wildman–Crippen MR) is 77.5 cm³/mol. The number of carbonyl (C=O) groups is 1. The summed E-state index contributed by atoms with van der Waals surface area (Å²) in [6, 6.07) is 9.47. The molecule has 0 fully saturated rings. The maximum atomic E-state index is 11.8. The van der Waals surface area contributed by atoms with E-state index in [1.54, 1.807) is 0 Å². The Bertz CT molecular complexity index is 510. The number of hydrogen-bond donors (Lipinski definition) is 1. The molecule has 1 atom stereocenters. The van der Waals surface area contributed by atoms with Gasteiger partial charge in [-0.3, -0.25) is 4.79 Å². The number of Topliss-reactive ketones (excluding diaryl/α,β-unsaturated/α-hetero) is 1. The minimum absolute atomic E-state index is 0.00246. The number of aliphatic hydroxyl groups excluding tert-OH is 1. The first-order valence-electron chi connectivity index (χ1n) is 6.28. The Morgan fingerprint density at radius 1 is 1.32 bits per heavy atom. The maximum Gasteiger partial charge on any atom is 0.141 e. The highest BCUT2D eigenvalue weighted by molar-refractivity contribution is 5.84. The van der Waals surface area contributed by atoms with E-state index >= 15 is 0 Å². The van der Waals surface area contributed by atoms with E-state index in [4.69, 9.17) is 0 Å². The summed E-state index contributed by atoms with van der Waals surface area (Å²) in [6.07, 6.45) is -0.839. The van der Waals surface area contributed by atoms with Crippen LogP contribution in [0, 0.1) is 17.3 Å². The van der Waals surface area contributed by atoms with Gasteiger partial charge >= 0.3 is 0 Å². The van der Waals surface area contributed by atoms with Crippen LogP contribution in [-0.2, 0) is 4.79 Å². The number of carbonyl (C=O) groups excluding carboxylic acids is 1. The van der Waals surface area contributed by atoms with Crippen LogP contribution < -0.4 is 0 Å². The van der Waals surface area contributed by atoms with Crippen LogP contribution in [0.15, 0.2) is 42.5 Å².